The first-order valence-corrected chi connectivity index (χ1v) is 6.71. The summed E-state index contributed by atoms with van der Waals surface area (Å²) in [4.78, 5) is 2.51. The molecule has 96 valence electrons. The molecule has 2 heteroatoms. The molecule has 0 heterocycles. The highest BCUT2D eigenvalue weighted by atomic mass is 15.1. The minimum Gasteiger partial charge on any atom is -0.330 e. The minimum absolute atomic E-state index is 0.350. The van der Waals surface area contributed by atoms with Crippen LogP contribution in [-0.4, -0.2) is 31.1 Å². The van der Waals surface area contributed by atoms with E-state index in [1.165, 1.54) is 32.2 Å². The van der Waals surface area contributed by atoms with Gasteiger partial charge in [-0.3, -0.25) is 0 Å². The Morgan fingerprint density at radius 2 is 1.75 bits per heavy atom. The van der Waals surface area contributed by atoms with E-state index >= 15 is 0 Å². The monoisotopic (exact) mass is 226 g/mol. The van der Waals surface area contributed by atoms with Crippen LogP contribution in [0.15, 0.2) is 0 Å². The van der Waals surface area contributed by atoms with E-state index < -0.39 is 0 Å². The zero-order valence-electron chi connectivity index (χ0n) is 11.8. The SMILES string of the molecule is CC(N(C)CC1(CN)CCCC1)C(C)(C)C. The summed E-state index contributed by atoms with van der Waals surface area (Å²) < 4.78 is 0. The number of nitrogens with two attached hydrogens (primary N) is 1. The van der Waals surface area contributed by atoms with E-state index in [2.05, 4.69) is 39.6 Å². The van der Waals surface area contributed by atoms with Gasteiger partial charge >= 0.3 is 0 Å². The second-order valence-electron chi connectivity index (χ2n) is 6.87. The maximum absolute atomic E-state index is 6.00. The largest absolute Gasteiger partial charge is 0.330 e. The van der Waals surface area contributed by atoms with Crippen molar-refractivity contribution >= 4 is 0 Å². The maximum atomic E-state index is 6.00. The molecule has 0 aromatic heterocycles. The summed E-state index contributed by atoms with van der Waals surface area (Å²) in [5, 5.41) is 0. The van der Waals surface area contributed by atoms with E-state index in [4.69, 9.17) is 5.73 Å². The van der Waals surface area contributed by atoms with Gasteiger partial charge in [-0.05, 0) is 44.2 Å². The van der Waals surface area contributed by atoms with Crippen molar-refractivity contribution in [3.63, 3.8) is 0 Å². The Hall–Kier alpha value is -0.0800. The fraction of sp³-hybridized carbons (Fsp3) is 1.00. The van der Waals surface area contributed by atoms with Crippen molar-refractivity contribution in [1.82, 2.24) is 4.90 Å². The van der Waals surface area contributed by atoms with Gasteiger partial charge in [-0.25, -0.2) is 0 Å². The quantitative estimate of drug-likeness (QED) is 0.798. The van der Waals surface area contributed by atoms with Crippen molar-refractivity contribution in [2.24, 2.45) is 16.6 Å². The molecule has 2 nitrogen and oxygen atoms in total. The van der Waals surface area contributed by atoms with Crippen molar-refractivity contribution in [2.75, 3.05) is 20.1 Å². The first kappa shape index (κ1) is 14.0. The Kier molecular flexibility index (Phi) is 4.42. The van der Waals surface area contributed by atoms with Crippen LogP contribution >= 0.6 is 0 Å². The molecule has 2 N–H and O–H groups in total. The van der Waals surface area contributed by atoms with Gasteiger partial charge in [-0.15, -0.1) is 0 Å². The van der Waals surface area contributed by atoms with Crippen LogP contribution in [0.2, 0.25) is 0 Å². The number of hydrogen-bond donors (Lipinski definition) is 1. The molecule has 16 heavy (non-hydrogen) atoms. The average molecular weight is 226 g/mol. The Bertz CT molecular complexity index is 211. The summed E-state index contributed by atoms with van der Waals surface area (Å²) in [5.74, 6) is 0. The highest BCUT2D eigenvalue weighted by Crippen LogP contribution is 2.38. The molecule has 0 saturated heterocycles. The molecule has 1 aliphatic carbocycles. The highest BCUT2D eigenvalue weighted by Gasteiger charge is 2.35. The Morgan fingerprint density at radius 1 is 1.25 bits per heavy atom. The molecular weight excluding hydrogens is 196 g/mol. The average Bonchev–Trinajstić information content (AvgIpc) is 2.64. The molecule has 0 aromatic rings. The second-order valence-corrected chi connectivity index (χ2v) is 6.87. The van der Waals surface area contributed by atoms with Crippen LogP contribution in [0.5, 0.6) is 0 Å². The van der Waals surface area contributed by atoms with Crippen LogP contribution in [0.25, 0.3) is 0 Å². The molecule has 0 radical (unpaired) electrons. The maximum Gasteiger partial charge on any atom is 0.0113 e. The van der Waals surface area contributed by atoms with Crippen LogP contribution in [-0.2, 0) is 0 Å². The van der Waals surface area contributed by atoms with Gasteiger partial charge in [0.15, 0.2) is 0 Å². The first-order valence-electron chi connectivity index (χ1n) is 6.71. The van der Waals surface area contributed by atoms with Crippen molar-refractivity contribution in [1.29, 1.82) is 0 Å². The lowest BCUT2D eigenvalue weighted by atomic mass is 9.82. The summed E-state index contributed by atoms with van der Waals surface area (Å²) in [5.41, 5.74) is 6.76. The normalized spacial score (nSPS) is 22.7. The van der Waals surface area contributed by atoms with Crippen molar-refractivity contribution in [3.05, 3.63) is 0 Å². The van der Waals surface area contributed by atoms with Crippen LogP contribution in [0.3, 0.4) is 0 Å². The van der Waals surface area contributed by atoms with Crippen molar-refractivity contribution in [2.45, 2.75) is 59.4 Å². The third-order valence-corrected chi connectivity index (χ3v) is 4.60. The number of rotatable bonds is 4. The van der Waals surface area contributed by atoms with Crippen LogP contribution in [0, 0.1) is 10.8 Å². The second kappa shape index (κ2) is 5.05. The molecule has 0 amide bonds. The van der Waals surface area contributed by atoms with Gasteiger partial charge in [0, 0.05) is 12.6 Å². The molecule has 0 aliphatic heterocycles. The smallest absolute Gasteiger partial charge is 0.0113 e. The Labute approximate surface area is 102 Å². The van der Waals surface area contributed by atoms with Gasteiger partial charge in [0.25, 0.3) is 0 Å². The van der Waals surface area contributed by atoms with E-state index in [1.807, 2.05) is 0 Å². The Morgan fingerprint density at radius 3 is 2.12 bits per heavy atom. The van der Waals surface area contributed by atoms with Gasteiger partial charge in [-0.2, -0.15) is 0 Å². The minimum atomic E-state index is 0.350. The van der Waals surface area contributed by atoms with Crippen LogP contribution < -0.4 is 5.73 Å². The molecule has 1 unspecified atom stereocenters. The fourth-order valence-corrected chi connectivity index (χ4v) is 2.88. The van der Waals surface area contributed by atoms with Crippen molar-refractivity contribution in [3.8, 4) is 0 Å². The highest BCUT2D eigenvalue weighted by molar-refractivity contribution is 4.90. The molecule has 0 bridgehead atoms. The Balaban J connectivity index is 2.58. The fourth-order valence-electron chi connectivity index (χ4n) is 2.88. The number of nitrogens with zero attached hydrogens (tertiary/aromatic N) is 1. The van der Waals surface area contributed by atoms with Crippen LogP contribution in [0.4, 0.5) is 0 Å². The van der Waals surface area contributed by atoms with Crippen LogP contribution in [0.1, 0.15) is 53.4 Å². The molecule has 1 aliphatic rings. The van der Waals surface area contributed by atoms with Gasteiger partial charge in [-0.1, -0.05) is 33.6 Å². The lowest BCUT2D eigenvalue weighted by Gasteiger charge is -2.40. The molecule has 1 atom stereocenters. The molecule has 0 aromatic carbocycles. The molecule has 1 rings (SSSR count). The third kappa shape index (κ3) is 3.21. The van der Waals surface area contributed by atoms with E-state index in [-0.39, 0.29) is 0 Å². The molecular formula is C14H30N2. The van der Waals surface area contributed by atoms with Gasteiger partial charge in [0.1, 0.15) is 0 Å². The summed E-state index contributed by atoms with van der Waals surface area (Å²) in [6.07, 6.45) is 5.39. The molecule has 1 fully saturated rings. The molecule has 0 spiro atoms. The molecule has 1 saturated carbocycles. The number of hydrogen-bond acceptors (Lipinski definition) is 2. The lowest BCUT2D eigenvalue weighted by Crippen LogP contribution is -2.46. The van der Waals surface area contributed by atoms with E-state index in [9.17, 15) is 0 Å². The summed E-state index contributed by atoms with van der Waals surface area (Å²) >= 11 is 0. The van der Waals surface area contributed by atoms with E-state index in [1.54, 1.807) is 0 Å². The predicted octanol–water partition coefficient (Wildman–Crippen LogP) is 2.87. The van der Waals surface area contributed by atoms with E-state index in [0.29, 0.717) is 16.9 Å². The predicted molar refractivity (Wildman–Crippen MR) is 71.5 cm³/mol. The summed E-state index contributed by atoms with van der Waals surface area (Å²) in [6.45, 7) is 11.3. The first-order chi connectivity index (χ1) is 7.31. The van der Waals surface area contributed by atoms with Gasteiger partial charge in [0.2, 0.25) is 0 Å². The summed E-state index contributed by atoms with van der Waals surface area (Å²) in [6, 6.07) is 0.608. The van der Waals surface area contributed by atoms with Gasteiger partial charge in [0.05, 0.1) is 0 Å². The zero-order chi connectivity index (χ0) is 12.4. The third-order valence-electron chi connectivity index (χ3n) is 4.60. The summed E-state index contributed by atoms with van der Waals surface area (Å²) in [7, 11) is 2.26. The zero-order valence-corrected chi connectivity index (χ0v) is 11.8. The standard InChI is InChI=1S/C14H30N2/c1-12(13(2,3)4)16(5)11-14(10-15)8-6-7-9-14/h12H,6-11,15H2,1-5H3. The topological polar surface area (TPSA) is 29.3 Å². The lowest BCUT2D eigenvalue weighted by molar-refractivity contribution is 0.0890. The van der Waals surface area contributed by atoms with E-state index in [0.717, 1.165) is 6.54 Å². The van der Waals surface area contributed by atoms with Crippen molar-refractivity contribution < 1.29 is 0 Å². The van der Waals surface area contributed by atoms with Gasteiger partial charge < -0.3 is 10.6 Å².